The van der Waals surface area contributed by atoms with Crippen LogP contribution in [0.4, 0.5) is 0 Å². The third kappa shape index (κ3) is 4.09. The van der Waals surface area contributed by atoms with E-state index < -0.39 is 0 Å². The number of likely N-dealkylation sites (tertiary alicyclic amines) is 1. The summed E-state index contributed by atoms with van der Waals surface area (Å²) in [6.45, 7) is 5.33. The van der Waals surface area contributed by atoms with Gasteiger partial charge in [0, 0.05) is 12.6 Å². The smallest absolute Gasteiger partial charge is 0.227 e. The molecule has 2 nitrogen and oxygen atoms in total. The van der Waals surface area contributed by atoms with Crippen LogP contribution in [0.1, 0.15) is 57.1 Å². The summed E-state index contributed by atoms with van der Waals surface area (Å²) in [4.78, 5) is 14.4. The van der Waals surface area contributed by atoms with Crippen molar-refractivity contribution in [3.05, 3.63) is 35.4 Å². The molecule has 0 aromatic heterocycles. The first-order valence-electron chi connectivity index (χ1n) is 8.08. The lowest BCUT2D eigenvalue weighted by Crippen LogP contribution is -2.42. The molecular weight excluding hydrogens is 246 g/mol. The van der Waals surface area contributed by atoms with Gasteiger partial charge in [-0.15, -0.1) is 0 Å². The third-order valence-electron chi connectivity index (χ3n) is 4.32. The summed E-state index contributed by atoms with van der Waals surface area (Å²) < 4.78 is 0. The molecule has 1 amide bonds. The molecule has 20 heavy (non-hydrogen) atoms. The molecule has 1 fully saturated rings. The van der Waals surface area contributed by atoms with E-state index in [-0.39, 0.29) is 0 Å². The molecule has 1 atom stereocenters. The molecule has 1 aliphatic heterocycles. The lowest BCUT2D eigenvalue weighted by molar-refractivity contribution is -0.133. The van der Waals surface area contributed by atoms with Crippen molar-refractivity contribution >= 4 is 5.91 Å². The third-order valence-corrected chi connectivity index (χ3v) is 4.32. The molecule has 1 aromatic carbocycles. The minimum absolute atomic E-state index is 0.290. The summed E-state index contributed by atoms with van der Waals surface area (Å²) in [6, 6.07) is 9.02. The van der Waals surface area contributed by atoms with Crippen molar-refractivity contribution < 1.29 is 4.79 Å². The number of piperidine rings is 1. The van der Waals surface area contributed by atoms with Crippen molar-refractivity contribution in [3.63, 3.8) is 0 Å². The number of benzene rings is 1. The molecule has 1 aliphatic rings. The van der Waals surface area contributed by atoms with Crippen molar-refractivity contribution in [2.24, 2.45) is 0 Å². The molecule has 1 heterocycles. The second-order valence-electron chi connectivity index (χ2n) is 6.03. The van der Waals surface area contributed by atoms with Gasteiger partial charge in [0.2, 0.25) is 5.91 Å². The molecule has 0 radical (unpaired) electrons. The van der Waals surface area contributed by atoms with Gasteiger partial charge in [0.1, 0.15) is 0 Å². The van der Waals surface area contributed by atoms with Crippen LogP contribution in [0, 0.1) is 0 Å². The van der Waals surface area contributed by atoms with Gasteiger partial charge in [-0.05, 0) is 50.2 Å². The molecule has 1 aromatic rings. The predicted octanol–water partition coefficient (Wildman–Crippen LogP) is 3.97. The lowest BCUT2D eigenvalue weighted by atomic mass is 10.0. The minimum Gasteiger partial charge on any atom is -0.340 e. The summed E-state index contributed by atoms with van der Waals surface area (Å²) in [5, 5.41) is 0. The molecule has 1 unspecified atom stereocenters. The van der Waals surface area contributed by atoms with Crippen LogP contribution in [0.2, 0.25) is 0 Å². The van der Waals surface area contributed by atoms with Gasteiger partial charge in [0.25, 0.3) is 0 Å². The summed E-state index contributed by atoms with van der Waals surface area (Å²) in [5.41, 5.74) is 2.53. The normalized spacial score (nSPS) is 19.1. The number of amides is 1. The SMILES string of the molecule is CCCCc1ccc(CC(=O)N2CCCCC2C)cc1. The van der Waals surface area contributed by atoms with Crippen molar-refractivity contribution in [1.82, 2.24) is 4.90 Å². The van der Waals surface area contributed by atoms with Crippen LogP contribution in [-0.4, -0.2) is 23.4 Å². The first-order valence-corrected chi connectivity index (χ1v) is 8.08. The van der Waals surface area contributed by atoms with Gasteiger partial charge in [-0.2, -0.15) is 0 Å². The number of carbonyl (C=O) groups is 1. The van der Waals surface area contributed by atoms with E-state index >= 15 is 0 Å². The second kappa shape index (κ2) is 7.47. The van der Waals surface area contributed by atoms with Crippen LogP contribution in [0.15, 0.2) is 24.3 Å². The molecule has 110 valence electrons. The van der Waals surface area contributed by atoms with Crippen molar-refractivity contribution in [1.29, 1.82) is 0 Å². The van der Waals surface area contributed by atoms with E-state index in [2.05, 4.69) is 43.0 Å². The van der Waals surface area contributed by atoms with Gasteiger partial charge < -0.3 is 4.90 Å². The van der Waals surface area contributed by atoms with E-state index in [1.165, 1.54) is 24.8 Å². The summed E-state index contributed by atoms with van der Waals surface area (Å²) in [7, 11) is 0. The molecule has 1 saturated heterocycles. The Kier molecular flexibility index (Phi) is 5.63. The molecule has 0 saturated carbocycles. The molecule has 2 rings (SSSR count). The number of nitrogens with zero attached hydrogens (tertiary/aromatic N) is 1. The minimum atomic E-state index is 0.290. The fourth-order valence-electron chi connectivity index (χ4n) is 2.95. The van der Waals surface area contributed by atoms with Crippen LogP contribution in [0.3, 0.4) is 0 Å². The molecule has 0 bridgehead atoms. The van der Waals surface area contributed by atoms with Crippen LogP contribution < -0.4 is 0 Å². The maximum Gasteiger partial charge on any atom is 0.227 e. The lowest BCUT2D eigenvalue weighted by Gasteiger charge is -2.33. The Labute approximate surface area is 123 Å². The quantitative estimate of drug-likeness (QED) is 0.795. The Hall–Kier alpha value is -1.31. The average Bonchev–Trinajstić information content (AvgIpc) is 2.47. The zero-order chi connectivity index (χ0) is 14.4. The summed E-state index contributed by atoms with van der Waals surface area (Å²) in [5.74, 6) is 0.290. The summed E-state index contributed by atoms with van der Waals surface area (Å²) in [6.07, 6.45) is 7.74. The first-order chi connectivity index (χ1) is 9.70. The molecule has 2 heteroatoms. The number of carbonyl (C=O) groups excluding carboxylic acids is 1. The van der Waals surface area contributed by atoms with E-state index in [4.69, 9.17) is 0 Å². The molecular formula is C18H27NO. The van der Waals surface area contributed by atoms with E-state index in [1.807, 2.05) is 0 Å². The van der Waals surface area contributed by atoms with Crippen LogP contribution in [0.25, 0.3) is 0 Å². The van der Waals surface area contributed by atoms with Crippen molar-refractivity contribution in [3.8, 4) is 0 Å². The average molecular weight is 273 g/mol. The predicted molar refractivity (Wildman–Crippen MR) is 83.8 cm³/mol. The fraction of sp³-hybridized carbons (Fsp3) is 0.611. The molecule has 0 N–H and O–H groups in total. The van der Waals surface area contributed by atoms with Gasteiger partial charge in [0.15, 0.2) is 0 Å². The van der Waals surface area contributed by atoms with E-state index in [9.17, 15) is 4.79 Å². The maximum atomic E-state index is 12.4. The Morgan fingerprint density at radius 2 is 1.90 bits per heavy atom. The highest BCUT2D eigenvalue weighted by Crippen LogP contribution is 2.18. The number of hydrogen-bond acceptors (Lipinski definition) is 1. The van der Waals surface area contributed by atoms with Gasteiger partial charge in [-0.1, -0.05) is 37.6 Å². The Morgan fingerprint density at radius 3 is 2.55 bits per heavy atom. The van der Waals surface area contributed by atoms with Crippen molar-refractivity contribution in [2.75, 3.05) is 6.54 Å². The fourth-order valence-corrected chi connectivity index (χ4v) is 2.95. The zero-order valence-electron chi connectivity index (χ0n) is 12.9. The molecule has 0 spiro atoms. The Balaban J connectivity index is 1.90. The Bertz CT molecular complexity index is 424. The van der Waals surface area contributed by atoms with Crippen molar-refractivity contribution in [2.45, 2.75) is 64.8 Å². The zero-order valence-corrected chi connectivity index (χ0v) is 12.9. The number of aryl methyl sites for hydroxylation is 1. The maximum absolute atomic E-state index is 12.4. The highest BCUT2D eigenvalue weighted by atomic mass is 16.2. The standard InChI is InChI=1S/C18H27NO/c1-3-4-8-16-9-11-17(12-10-16)14-18(20)19-13-6-5-7-15(19)2/h9-12,15H,3-8,13-14H2,1-2H3. The topological polar surface area (TPSA) is 20.3 Å². The number of unbranched alkanes of at least 4 members (excludes halogenated alkanes) is 1. The monoisotopic (exact) mass is 273 g/mol. The number of rotatable bonds is 5. The largest absolute Gasteiger partial charge is 0.340 e. The van der Waals surface area contributed by atoms with Gasteiger partial charge in [-0.3, -0.25) is 4.79 Å². The van der Waals surface area contributed by atoms with Crippen LogP contribution in [-0.2, 0) is 17.6 Å². The highest BCUT2D eigenvalue weighted by molar-refractivity contribution is 5.79. The van der Waals surface area contributed by atoms with Crippen LogP contribution >= 0.6 is 0 Å². The number of hydrogen-bond donors (Lipinski definition) is 0. The van der Waals surface area contributed by atoms with Crippen LogP contribution in [0.5, 0.6) is 0 Å². The highest BCUT2D eigenvalue weighted by Gasteiger charge is 2.22. The molecule has 0 aliphatic carbocycles. The van der Waals surface area contributed by atoms with Gasteiger partial charge >= 0.3 is 0 Å². The first kappa shape index (κ1) is 15.1. The second-order valence-corrected chi connectivity index (χ2v) is 6.03. The van der Waals surface area contributed by atoms with E-state index in [1.54, 1.807) is 0 Å². The van der Waals surface area contributed by atoms with E-state index in [0.717, 1.165) is 31.4 Å². The van der Waals surface area contributed by atoms with E-state index in [0.29, 0.717) is 18.4 Å². The van der Waals surface area contributed by atoms with Gasteiger partial charge in [0.05, 0.1) is 6.42 Å². The summed E-state index contributed by atoms with van der Waals surface area (Å²) >= 11 is 0. The van der Waals surface area contributed by atoms with Gasteiger partial charge in [-0.25, -0.2) is 0 Å². The Morgan fingerprint density at radius 1 is 1.20 bits per heavy atom.